The van der Waals surface area contributed by atoms with Crippen molar-refractivity contribution in [3.8, 4) is 22.3 Å². The van der Waals surface area contributed by atoms with Crippen LogP contribution >= 0.6 is 0 Å². The van der Waals surface area contributed by atoms with Crippen molar-refractivity contribution >= 4 is 119 Å². The van der Waals surface area contributed by atoms with Crippen molar-refractivity contribution in [3.05, 3.63) is 176 Å². The largest absolute Gasteiger partial charge is 0.456 e. The molecule has 2 aromatic heterocycles. The molecule has 3 nitrogen and oxygen atoms in total. The lowest BCUT2D eigenvalue weighted by atomic mass is 9.57. The summed E-state index contributed by atoms with van der Waals surface area (Å²) in [5.41, 5.74) is 14.9. The highest BCUT2D eigenvalue weighted by Crippen LogP contribution is 2.47. The standard InChI is InChI=1S/C52H28BN2OSi/c1-2-14-31-30(13-1)27-28-38-47(31)35-18-11-19-36(51(35)54-38)49-48-34-17-3-7-22-41(34)56-42(48)29-40-50(49)53-37-20-12-26-46-52(37)55(40)39-21-6-10-25-45(39)57(46)43-23-8-4-15-32(43)33-16-5-9-24-44(33)57/h1-26,29,54H. The molecule has 3 aliphatic rings. The van der Waals surface area contributed by atoms with Crippen LogP contribution < -0.4 is 36.6 Å². The average Bonchev–Trinajstić information content (AvgIpc) is 3.93. The van der Waals surface area contributed by atoms with Crippen LogP contribution in [0.25, 0.3) is 76.8 Å². The van der Waals surface area contributed by atoms with Gasteiger partial charge in [0.2, 0.25) is 0 Å². The molecule has 1 spiro atoms. The molecule has 9 aromatic carbocycles. The fourth-order valence-corrected chi connectivity index (χ4v) is 16.5. The van der Waals surface area contributed by atoms with Crippen molar-refractivity contribution in [2.45, 2.75) is 0 Å². The number of aromatic nitrogens is 1. The molecule has 0 unspecified atom stereocenters. The van der Waals surface area contributed by atoms with E-state index in [2.05, 4.69) is 193 Å². The number of anilines is 3. The number of H-pyrrole nitrogens is 1. The third-order valence-corrected chi connectivity index (χ3v) is 18.0. The Morgan fingerprint density at radius 2 is 1.19 bits per heavy atom. The summed E-state index contributed by atoms with van der Waals surface area (Å²) in [6.07, 6.45) is 0. The van der Waals surface area contributed by atoms with Crippen LogP contribution in [0.15, 0.2) is 168 Å². The van der Waals surface area contributed by atoms with Crippen LogP contribution in [0, 0.1) is 12.1 Å². The number of fused-ring (bicyclic) bond motifs is 19. The van der Waals surface area contributed by atoms with E-state index in [-0.39, 0.29) is 0 Å². The molecular weight excluding hydrogens is 707 g/mol. The number of furan rings is 1. The van der Waals surface area contributed by atoms with E-state index in [0.29, 0.717) is 0 Å². The van der Waals surface area contributed by atoms with Gasteiger partial charge in [-0.25, -0.2) is 0 Å². The number of hydrogen-bond donors (Lipinski definition) is 1. The molecule has 259 valence electrons. The van der Waals surface area contributed by atoms with Gasteiger partial charge in [0.15, 0.2) is 15.4 Å². The Hall–Kier alpha value is -7.26. The molecule has 0 bridgehead atoms. The predicted molar refractivity (Wildman–Crippen MR) is 240 cm³/mol. The van der Waals surface area contributed by atoms with Crippen molar-refractivity contribution in [1.29, 1.82) is 0 Å². The average molecular weight is 736 g/mol. The van der Waals surface area contributed by atoms with E-state index in [1.165, 1.54) is 75.9 Å². The number of nitrogens with zero attached hydrogens (tertiary/aromatic N) is 1. The van der Waals surface area contributed by atoms with Gasteiger partial charge in [0.25, 0.3) is 0 Å². The summed E-state index contributed by atoms with van der Waals surface area (Å²) in [7, 11) is -0.252. The second-order valence-corrected chi connectivity index (χ2v) is 19.3. The normalized spacial score (nSPS) is 14.1. The number of hydrogen-bond acceptors (Lipinski definition) is 2. The lowest BCUT2D eigenvalue weighted by Crippen LogP contribution is -2.76. The lowest BCUT2D eigenvalue weighted by molar-refractivity contribution is 0.669. The molecule has 3 aliphatic heterocycles. The molecule has 1 N–H and O–H groups in total. The van der Waals surface area contributed by atoms with E-state index in [4.69, 9.17) is 4.42 Å². The summed E-state index contributed by atoms with van der Waals surface area (Å²) >= 11 is 0. The maximum atomic E-state index is 6.86. The smallest absolute Gasteiger partial charge is 0.197 e. The second-order valence-electron chi connectivity index (χ2n) is 15.6. The second kappa shape index (κ2) is 10.5. The highest BCUT2D eigenvalue weighted by molar-refractivity contribution is 7.23. The maximum Gasteiger partial charge on any atom is 0.197 e. The predicted octanol–water partition coefficient (Wildman–Crippen LogP) is 8.75. The van der Waals surface area contributed by atoms with Crippen molar-refractivity contribution in [2.24, 2.45) is 0 Å². The fourth-order valence-electron chi connectivity index (χ4n) is 10.9. The summed E-state index contributed by atoms with van der Waals surface area (Å²) in [5.74, 6) is 0. The minimum absolute atomic E-state index is 0.879. The van der Waals surface area contributed by atoms with Crippen LogP contribution in [0.5, 0.6) is 0 Å². The molecule has 0 amide bonds. The van der Waals surface area contributed by atoms with Crippen molar-refractivity contribution in [1.82, 2.24) is 4.98 Å². The number of aromatic amines is 1. The molecule has 5 heteroatoms. The molecule has 5 heterocycles. The molecular formula is C52H28BN2OSi. The van der Waals surface area contributed by atoms with Crippen molar-refractivity contribution in [3.63, 3.8) is 0 Å². The first-order valence-corrected chi connectivity index (χ1v) is 21.6. The van der Waals surface area contributed by atoms with Crippen LogP contribution in [0.1, 0.15) is 0 Å². The van der Waals surface area contributed by atoms with Gasteiger partial charge in [-0.15, -0.1) is 0 Å². The van der Waals surface area contributed by atoms with Gasteiger partial charge in [-0.1, -0.05) is 151 Å². The third kappa shape index (κ3) is 3.57. The van der Waals surface area contributed by atoms with Gasteiger partial charge in [0.05, 0.1) is 11.0 Å². The van der Waals surface area contributed by atoms with Crippen molar-refractivity contribution in [2.75, 3.05) is 4.90 Å². The van der Waals surface area contributed by atoms with Crippen LogP contribution in [0.3, 0.4) is 0 Å². The highest BCUT2D eigenvalue weighted by Gasteiger charge is 2.55. The van der Waals surface area contributed by atoms with Gasteiger partial charge in [-0.3, -0.25) is 0 Å². The van der Waals surface area contributed by atoms with Gasteiger partial charge < -0.3 is 14.3 Å². The van der Waals surface area contributed by atoms with E-state index in [0.717, 1.165) is 49.6 Å². The Kier molecular flexibility index (Phi) is 5.54. The summed E-state index contributed by atoms with van der Waals surface area (Å²) in [4.78, 5) is 6.41. The zero-order chi connectivity index (χ0) is 37.0. The number of rotatable bonds is 1. The minimum Gasteiger partial charge on any atom is -0.456 e. The zero-order valence-corrected chi connectivity index (χ0v) is 31.5. The Bertz CT molecular complexity index is 3550. The molecule has 1 radical (unpaired) electrons. The summed E-state index contributed by atoms with van der Waals surface area (Å²) < 4.78 is 6.86. The van der Waals surface area contributed by atoms with Gasteiger partial charge >= 0.3 is 0 Å². The summed E-state index contributed by atoms with van der Waals surface area (Å²) in [6.45, 7) is 0. The first kappa shape index (κ1) is 30.0. The number of benzene rings is 8. The first-order valence-electron chi connectivity index (χ1n) is 19.6. The zero-order valence-electron chi connectivity index (χ0n) is 30.5. The lowest BCUT2D eigenvalue weighted by Gasteiger charge is -2.47. The Balaban J connectivity index is 1.12. The third-order valence-electron chi connectivity index (χ3n) is 13.0. The first-order chi connectivity index (χ1) is 28.3. The van der Waals surface area contributed by atoms with Crippen LogP contribution in [0.4, 0.5) is 17.1 Å². The van der Waals surface area contributed by atoms with E-state index >= 15 is 0 Å². The minimum atomic E-state index is -2.71. The van der Waals surface area contributed by atoms with Gasteiger partial charge in [0, 0.05) is 61.0 Å². The Labute approximate surface area is 329 Å². The Morgan fingerprint density at radius 1 is 0.526 bits per heavy atom. The molecule has 0 atom stereocenters. The maximum absolute atomic E-state index is 6.86. The number of nitrogens with one attached hydrogen (secondary N) is 1. The van der Waals surface area contributed by atoms with Crippen LogP contribution in [-0.2, 0) is 0 Å². The SMILES string of the molecule is [B]1c2cccc3c2N(c2ccccc2[Si]32c3ccccc3-c3ccccc32)c2cc3oc4ccccc4c3c(-c3cccc4c3[nH]c3c#cc5ccccc5c34)c21. The van der Waals surface area contributed by atoms with Crippen LogP contribution in [-0.4, -0.2) is 20.3 Å². The molecule has 0 aliphatic carbocycles. The van der Waals surface area contributed by atoms with E-state index in [9.17, 15) is 0 Å². The molecule has 0 saturated heterocycles. The van der Waals surface area contributed by atoms with E-state index in [1.54, 1.807) is 0 Å². The summed E-state index contributed by atoms with van der Waals surface area (Å²) in [6, 6.07) is 67.5. The molecule has 57 heavy (non-hydrogen) atoms. The fraction of sp³-hybridized carbons (Fsp3) is 0. The van der Waals surface area contributed by atoms with Gasteiger partial charge in [0.1, 0.15) is 11.2 Å². The van der Waals surface area contributed by atoms with Crippen molar-refractivity contribution < 1.29 is 4.42 Å². The molecule has 0 fully saturated rings. The highest BCUT2D eigenvalue weighted by atomic mass is 28.3. The van der Waals surface area contributed by atoms with Gasteiger partial charge in [-0.2, -0.15) is 0 Å². The quantitative estimate of drug-likeness (QED) is 0.171. The number of para-hydroxylation sites is 4. The van der Waals surface area contributed by atoms with Gasteiger partial charge in [-0.05, 0) is 67.2 Å². The van der Waals surface area contributed by atoms with E-state index in [1.807, 2.05) is 0 Å². The molecule has 14 rings (SSSR count). The van der Waals surface area contributed by atoms with E-state index < -0.39 is 8.07 Å². The monoisotopic (exact) mass is 735 g/mol. The van der Waals surface area contributed by atoms with Crippen LogP contribution in [0.2, 0.25) is 0 Å². The topological polar surface area (TPSA) is 32.2 Å². The molecule has 11 aromatic rings. The molecule has 0 saturated carbocycles. The summed E-state index contributed by atoms with van der Waals surface area (Å²) in [5, 5.41) is 12.6. The Morgan fingerprint density at radius 3 is 2.05 bits per heavy atom.